The second-order valence-corrected chi connectivity index (χ2v) is 5.73. The van der Waals surface area contributed by atoms with Crippen LogP contribution in [0.3, 0.4) is 0 Å². The summed E-state index contributed by atoms with van der Waals surface area (Å²) in [4.78, 5) is 25.9. The number of fused-ring (bicyclic) bond motifs is 1. The summed E-state index contributed by atoms with van der Waals surface area (Å²) < 4.78 is 0. The third kappa shape index (κ3) is 3.67. The van der Waals surface area contributed by atoms with Crippen molar-refractivity contribution in [3.05, 3.63) is 35.5 Å². The third-order valence-electron chi connectivity index (χ3n) is 4.05. The van der Waals surface area contributed by atoms with Crippen LogP contribution in [0.25, 0.3) is 10.9 Å². The van der Waals surface area contributed by atoms with E-state index in [9.17, 15) is 9.59 Å². The lowest BCUT2D eigenvalue weighted by Gasteiger charge is -2.14. The van der Waals surface area contributed by atoms with Crippen LogP contribution in [-0.2, 0) is 9.59 Å². The van der Waals surface area contributed by atoms with Gasteiger partial charge in [-0.1, -0.05) is 31.0 Å². The molecule has 118 valence electrons. The summed E-state index contributed by atoms with van der Waals surface area (Å²) >= 11 is 0. The van der Waals surface area contributed by atoms with Crippen LogP contribution >= 0.6 is 0 Å². The number of unbranched alkanes of at least 4 members (excludes halogenated alkanes) is 2. The lowest BCUT2D eigenvalue weighted by molar-refractivity contribution is -0.120. The molecule has 0 spiro atoms. The number of nitrogens with two attached hydrogens (primary N) is 2. The molecule has 0 aliphatic heterocycles. The zero-order valence-corrected chi connectivity index (χ0v) is 12.9. The number of aromatic amines is 1. The minimum absolute atomic E-state index is 0.279. The number of aryl methyl sites for hydroxylation is 1. The maximum Gasteiger partial charge on any atom is 0.225 e. The van der Waals surface area contributed by atoms with Crippen molar-refractivity contribution in [1.29, 1.82) is 0 Å². The van der Waals surface area contributed by atoms with Crippen LogP contribution in [-0.4, -0.2) is 16.8 Å². The van der Waals surface area contributed by atoms with Crippen LogP contribution in [0.1, 0.15) is 49.3 Å². The van der Waals surface area contributed by atoms with Gasteiger partial charge in [-0.25, -0.2) is 0 Å². The first-order valence-electron chi connectivity index (χ1n) is 7.65. The average Bonchev–Trinajstić information content (AvgIpc) is 2.78. The Morgan fingerprint density at radius 2 is 1.86 bits per heavy atom. The molecule has 5 nitrogen and oxygen atoms in total. The van der Waals surface area contributed by atoms with Gasteiger partial charge in [-0.15, -0.1) is 0 Å². The Balaban J connectivity index is 2.12. The Kier molecular flexibility index (Phi) is 5.20. The van der Waals surface area contributed by atoms with Crippen molar-refractivity contribution in [2.45, 2.75) is 44.9 Å². The van der Waals surface area contributed by atoms with Crippen LogP contribution in [0, 0.1) is 6.92 Å². The quantitative estimate of drug-likeness (QED) is 0.652. The number of hydrogen-bond acceptors (Lipinski definition) is 2. The van der Waals surface area contributed by atoms with Crippen LogP contribution in [0.2, 0.25) is 0 Å². The third-order valence-corrected chi connectivity index (χ3v) is 4.05. The Bertz CT molecular complexity index is 676. The van der Waals surface area contributed by atoms with E-state index in [0.29, 0.717) is 12.8 Å². The van der Waals surface area contributed by atoms with Gasteiger partial charge in [-0.2, -0.15) is 0 Å². The van der Waals surface area contributed by atoms with E-state index in [2.05, 4.69) is 4.98 Å². The van der Waals surface area contributed by atoms with Gasteiger partial charge in [-0.3, -0.25) is 9.59 Å². The van der Waals surface area contributed by atoms with Gasteiger partial charge in [0.05, 0.1) is 5.92 Å². The first kappa shape index (κ1) is 16.1. The molecule has 2 aromatic rings. The van der Waals surface area contributed by atoms with Crippen molar-refractivity contribution in [3.8, 4) is 0 Å². The van der Waals surface area contributed by atoms with Gasteiger partial charge in [0.25, 0.3) is 0 Å². The van der Waals surface area contributed by atoms with Crippen LogP contribution < -0.4 is 11.5 Å². The number of carbonyl (C=O) groups excluding carboxylic acids is 2. The summed E-state index contributed by atoms with van der Waals surface area (Å²) in [5.41, 5.74) is 13.8. The zero-order chi connectivity index (χ0) is 16.1. The monoisotopic (exact) mass is 301 g/mol. The molecule has 0 saturated carbocycles. The molecule has 22 heavy (non-hydrogen) atoms. The second kappa shape index (κ2) is 7.11. The molecule has 0 radical (unpaired) electrons. The summed E-state index contributed by atoms with van der Waals surface area (Å²) in [6.07, 6.45) is 3.56. The molecule has 5 heteroatoms. The number of aromatic nitrogens is 1. The smallest absolute Gasteiger partial charge is 0.225 e. The maximum absolute atomic E-state index is 11.9. The summed E-state index contributed by atoms with van der Waals surface area (Å²) in [5.74, 6) is -0.883. The fraction of sp³-hybridized carbons (Fsp3) is 0.412. The Hall–Kier alpha value is -2.30. The molecule has 1 heterocycles. The summed E-state index contributed by atoms with van der Waals surface area (Å²) in [5, 5.41) is 1.06. The van der Waals surface area contributed by atoms with Crippen LogP contribution in [0.4, 0.5) is 0 Å². The molecule has 0 aliphatic rings. The SMILES string of the molecule is Cc1[nH]c2ccccc2c1C(CCCCCC(N)=O)C(N)=O. The molecule has 0 fully saturated rings. The molecule has 1 aromatic carbocycles. The topological polar surface area (TPSA) is 102 Å². The molecule has 2 amide bonds. The average molecular weight is 301 g/mol. The van der Waals surface area contributed by atoms with E-state index in [1.807, 2.05) is 31.2 Å². The molecule has 5 N–H and O–H groups in total. The number of benzene rings is 1. The number of amides is 2. The van der Waals surface area contributed by atoms with Crippen LogP contribution in [0.15, 0.2) is 24.3 Å². The van der Waals surface area contributed by atoms with Crippen molar-refractivity contribution in [3.63, 3.8) is 0 Å². The number of nitrogens with one attached hydrogen (secondary N) is 1. The lowest BCUT2D eigenvalue weighted by atomic mass is 9.90. The second-order valence-electron chi connectivity index (χ2n) is 5.73. The molecular weight excluding hydrogens is 278 g/mol. The van der Waals surface area contributed by atoms with Gasteiger partial charge >= 0.3 is 0 Å². The van der Waals surface area contributed by atoms with E-state index in [1.165, 1.54) is 0 Å². The number of rotatable bonds is 8. The first-order chi connectivity index (χ1) is 10.5. The fourth-order valence-electron chi connectivity index (χ4n) is 3.00. The normalized spacial score (nSPS) is 12.4. The Labute approximate surface area is 130 Å². The standard InChI is InChI=1S/C17H23N3O2/c1-11-16(12-7-5-6-9-14(12)20-11)13(17(19)22)8-3-2-4-10-15(18)21/h5-7,9,13,20H,2-4,8,10H2,1H3,(H2,18,21)(H2,19,22). The summed E-state index contributed by atoms with van der Waals surface area (Å²) in [7, 11) is 0. The summed E-state index contributed by atoms with van der Waals surface area (Å²) in [6, 6.07) is 7.93. The van der Waals surface area contributed by atoms with E-state index < -0.39 is 0 Å². The van der Waals surface area contributed by atoms with Gasteiger partial charge < -0.3 is 16.5 Å². The molecule has 0 aliphatic carbocycles. The number of primary amides is 2. The highest BCUT2D eigenvalue weighted by Gasteiger charge is 2.23. The highest BCUT2D eigenvalue weighted by molar-refractivity contribution is 5.92. The van der Waals surface area contributed by atoms with Gasteiger partial charge in [0.1, 0.15) is 0 Å². The van der Waals surface area contributed by atoms with Gasteiger partial charge in [0, 0.05) is 23.0 Å². The highest BCUT2D eigenvalue weighted by Crippen LogP contribution is 2.32. The minimum Gasteiger partial charge on any atom is -0.370 e. The predicted molar refractivity (Wildman–Crippen MR) is 87.3 cm³/mol. The molecular formula is C17H23N3O2. The molecule has 1 atom stereocenters. The van der Waals surface area contributed by atoms with E-state index in [-0.39, 0.29) is 17.7 Å². The summed E-state index contributed by atoms with van der Waals surface area (Å²) in [6.45, 7) is 1.97. The molecule has 0 bridgehead atoms. The molecule has 2 rings (SSSR count). The lowest BCUT2D eigenvalue weighted by Crippen LogP contribution is -2.22. The van der Waals surface area contributed by atoms with Crippen LogP contribution in [0.5, 0.6) is 0 Å². The highest BCUT2D eigenvalue weighted by atomic mass is 16.1. The van der Waals surface area contributed by atoms with Crippen molar-refractivity contribution < 1.29 is 9.59 Å². The fourth-order valence-corrected chi connectivity index (χ4v) is 3.00. The van der Waals surface area contributed by atoms with E-state index in [1.54, 1.807) is 0 Å². The molecule has 1 unspecified atom stereocenters. The predicted octanol–water partition coefficient (Wildman–Crippen LogP) is 2.48. The first-order valence-corrected chi connectivity index (χ1v) is 7.65. The Morgan fingerprint density at radius 1 is 1.14 bits per heavy atom. The minimum atomic E-state index is -0.303. The van der Waals surface area contributed by atoms with Gasteiger partial charge in [0.15, 0.2) is 0 Å². The number of para-hydroxylation sites is 1. The maximum atomic E-state index is 11.9. The number of H-pyrrole nitrogens is 1. The van der Waals surface area contributed by atoms with E-state index in [4.69, 9.17) is 11.5 Å². The van der Waals surface area contributed by atoms with Gasteiger partial charge in [0.2, 0.25) is 11.8 Å². The van der Waals surface area contributed by atoms with Crippen molar-refractivity contribution >= 4 is 22.7 Å². The number of hydrogen-bond donors (Lipinski definition) is 3. The van der Waals surface area contributed by atoms with Crippen molar-refractivity contribution in [1.82, 2.24) is 4.98 Å². The van der Waals surface area contributed by atoms with Crippen molar-refractivity contribution in [2.75, 3.05) is 0 Å². The van der Waals surface area contributed by atoms with Crippen molar-refractivity contribution in [2.24, 2.45) is 11.5 Å². The van der Waals surface area contributed by atoms with E-state index in [0.717, 1.165) is 41.4 Å². The largest absolute Gasteiger partial charge is 0.370 e. The van der Waals surface area contributed by atoms with E-state index >= 15 is 0 Å². The molecule has 0 saturated heterocycles. The van der Waals surface area contributed by atoms with Gasteiger partial charge in [-0.05, 0) is 31.4 Å². The Morgan fingerprint density at radius 3 is 2.55 bits per heavy atom. The zero-order valence-electron chi connectivity index (χ0n) is 12.9. The molecule has 1 aromatic heterocycles. The number of carbonyl (C=O) groups is 2.